The Kier molecular flexibility index (Phi) is 2.87. The number of benzene rings is 1. The Morgan fingerprint density at radius 1 is 1.45 bits per heavy atom. The normalized spacial score (nSPS) is 10.7. The van der Waals surface area contributed by atoms with Crippen molar-refractivity contribution in [2.45, 2.75) is 13.5 Å². The average molecular weight is 147 g/mol. The van der Waals surface area contributed by atoms with E-state index in [1.54, 1.807) is 0 Å². The maximum Gasteiger partial charge on any atom is 0.0178 e. The highest BCUT2D eigenvalue weighted by molar-refractivity contribution is 5.49. The fraction of sp³-hybridized carbons (Fsp3) is 0.200. The number of rotatable bonds is 2. The fourth-order valence-electron chi connectivity index (χ4n) is 1.02. The lowest BCUT2D eigenvalue weighted by Crippen LogP contribution is -1.95. The van der Waals surface area contributed by atoms with E-state index in [9.17, 15) is 0 Å². The summed E-state index contributed by atoms with van der Waals surface area (Å²) < 4.78 is 0. The molecule has 0 unspecified atom stereocenters. The predicted molar refractivity (Wildman–Crippen MR) is 49.0 cm³/mol. The van der Waals surface area contributed by atoms with E-state index >= 15 is 0 Å². The smallest absolute Gasteiger partial charge is 0.0178 e. The van der Waals surface area contributed by atoms with Gasteiger partial charge in [0.05, 0.1) is 0 Å². The Balaban J connectivity index is 2.91. The van der Waals surface area contributed by atoms with Crippen LogP contribution in [0.25, 0.3) is 6.08 Å². The van der Waals surface area contributed by atoms with Crippen molar-refractivity contribution in [3.05, 3.63) is 41.5 Å². The van der Waals surface area contributed by atoms with Crippen LogP contribution in [-0.2, 0) is 6.54 Å². The monoisotopic (exact) mass is 147 g/mol. The minimum atomic E-state index is 0.616. The Bertz CT molecular complexity index is 251. The lowest BCUT2D eigenvalue weighted by molar-refractivity contribution is 1.07. The molecule has 0 aliphatic carbocycles. The molecule has 2 N–H and O–H groups in total. The third-order valence-electron chi connectivity index (χ3n) is 1.55. The first kappa shape index (κ1) is 8.02. The first-order valence-corrected chi connectivity index (χ1v) is 3.78. The molecule has 0 aliphatic rings. The molecule has 0 radical (unpaired) electrons. The summed E-state index contributed by atoms with van der Waals surface area (Å²) in [5.41, 5.74) is 7.89. The molecule has 11 heavy (non-hydrogen) atoms. The summed E-state index contributed by atoms with van der Waals surface area (Å²) in [4.78, 5) is 0. The van der Waals surface area contributed by atoms with E-state index in [-0.39, 0.29) is 0 Å². The van der Waals surface area contributed by atoms with Crippen LogP contribution < -0.4 is 5.73 Å². The van der Waals surface area contributed by atoms with Crippen LogP contribution in [0.2, 0.25) is 0 Å². The van der Waals surface area contributed by atoms with Crippen molar-refractivity contribution in [1.82, 2.24) is 0 Å². The van der Waals surface area contributed by atoms with Crippen LogP contribution in [0.5, 0.6) is 0 Å². The summed E-state index contributed by atoms with van der Waals surface area (Å²) in [6.45, 7) is 2.63. The van der Waals surface area contributed by atoms with E-state index in [1.807, 2.05) is 25.1 Å². The molecule has 0 spiro atoms. The van der Waals surface area contributed by atoms with Gasteiger partial charge in [-0.05, 0) is 18.1 Å². The summed E-state index contributed by atoms with van der Waals surface area (Å²) >= 11 is 0. The van der Waals surface area contributed by atoms with Gasteiger partial charge in [0.2, 0.25) is 0 Å². The molecule has 1 aromatic rings. The van der Waals surface area contributed by atoms with Gasteiger partial charge in [-0.2, -0.15) is 0 Å². The van der Waals surface area contributed by atoms with Crippen LogP contribution in [-0.4, -0.2) is 0 Å². The number of hydrogen-bond acceptors (Lipinski definition) is 1. The van der Waals surface area contributed by atoms with E-state index in [2.05, 4.69) is 18.2 Å². The zero-order valence-electron chi connectivity index (χ0n) is 6.75. The summed E-state index contributed by atoms with van der Waals surface area (Å²) in [6, 6.07) is 8.23. The highest BCUT2D eigenvalue weighted by Gasteiger charge is 1.88. The van der Waals surface area contributed by atoms with Crippen LogP contribution in [0.15, 0.2) is 30.3 Å². The fourth-order valence-corrected chi connectivity index (χ4v) is 1.02. The number of hydrogen-bond donors (Lipinski definition) is 1. The Morgan fingerprint density at radius 3 is 2.91 bits per heavy atom. The van der Waals surface area contributed by atoms with Crippen LogP contribution >= 0.6 is 0 Å². The molecule has 0 saturated heterocycles. The topological polar surface area (TPSA) is 26.0 Å². The first-order chi connectivity index (χ1) is 5.36. The van der Waals surface area contributed by atoms with Crippen molar-refractivity contribution in [3.8, 4) is 0 Å². The van der Waals surface area contributed by atoms with Gasteiger partial charge in [0, 0.05) is 6.54 Å². The maximum atomic E-state index is 5.49. The summed E-state index contributed by atoms with van der Waals surface area (Å²) in [5.74, 6) is 0. The zero-order valence-corrected chi connectivity index (χ0v) is 6.75. The highest BCUT2D eigenvalue weighted by Crippen LogP contribution is 2.05. The van der Waals surface area contributed by atoms with Gasteiger partial charge in [-0.1, -0.05) is 36.4 Å². The summed E-state index contributed by atoms with van der Waals surface area (Å²) in [5, 5.41) is 0. The standard InChI is InChI=1S/C10H13N/c1-2-4-9-5-3-6-10(7-9)8-11/h2-7H,8,11H2,1H3. The lowest BCUT2D eigenvalue weighted by atomic mass is 10.1. The van der Waals surface area contributed by atoms with Gasteiger partial charge in [-0.15, -0.1) is 0 Å². The quantitative estimate of drug-likeness (QED) is 0.681. The van der Waals surface area contributed by atoms with Crippen LogP contribution in [0.1, 0.15) is 18.1 Å². The molecule has 0 fully saturated rings. The molecule has 1 aromatic carbocycles. The molecule has 0 atom stereocenters. The van der Waals surface area contributed by atoms with Gasteiger partial charge >= 0.3 is 0 Å². The molecule has 0 aromatic heterocycles. The largest absolute Gasteiger partial charge is 0.326 e. The Labute approximate surface area is 67.5 Å². The van der Waals surface area contributed by atoms with Gasteiger partial charge in [-0.25, -0.2) is 0 Å². The lowest BCUT2D eigenvalue weighted by Gasteiger charge is -1.97. The minimum Gasteiger partial charge on any atom is -0.326 e. The third kappa shape index (κ3) is 2.20. The van der Waals surface area contributed by atoms with Crippen LogP contribution in [0, 0.1) is 0 Å². The van der Waals surface area contributed by atoms with E-state index < -0.39 is 0 Å². The molecule has 1 nitrogen and oxygen atoms in total. The van der Waals surface area contributed by atoms with E-state index in [0.29, 0.717) is 6.54 Å². The summed E-state index contributed by atoms with van der Waals surface area (Å²) in [6.07, 6.45) is 4.09. The second kappa shape index (κ2) is 3.94. The van der Waals surface area contributed by atoms with Crippen LogP contribution in [0.4, 0.5) is 0 Å². The molecule has 0 aliphatic heterocycles. The van der Waals surface area contributed by atoms with Crippen molar-refractivity contribution in [2.24, 2.45) is 5.73 Å². The van der Waals surface area contributed by atoms with E-state index in [1.165, 1.54) is 11.1 Å². The molecule has 58 valence electrons. The maximum absolute atomic E-state index is 5.49. The third-order valence-corrected chi connectivity index (χ3v) is 1.55. The Morgan fingerprint density at radius 2 is 2.27 bits per heavy atom. The van der Waals surface area contributed by atoms with Gasteiger partial charge in [0.25, 0.3) is 0 Å². The highest BCUT2D eigenvalue weighted by atomic mass is 14.5. The molecular weight excluding hydrogens is 134 g/mol. The van der Waals surface area contributed by atoms with Crippen molar-refractivity contribution in [3.63, 3.8) is 0 Å². The first-order valence-electron chi connectivity index (χ1n) is 3.78. The van der Waals surface area contributed by atoms with Crippen molar-refractivity contribution in [2.75, 3.05) is 0 Å². The molecule has 0 heterocycles. The molecule has 0 amide bonds. The van der Waals surface area contributed by atoms with E-state index in [0.717, 1.165) is 0 Å². The summed E-state index contributed by atoms with van der Waals surface area (Å²) in [7, 11) is 0. The SMILES string of the molecule is CC=Cc1cccc(CN)c1. The predicted octanol–water partition coefficient (Wildman–Crippen LogP) is 2.18. The van der Waals surface area contributed by atoms with Gasteiger partial charge in [0.15, 0.2) is 0 Å². The molecule has 0 saturated carbocycles. The Hall–Kier alpha value is -1.08. The van der Waals surface area contributed by atoms with E-state index in [4.69, 9.17) is 5.73 Å². The molecule has 1 rings (SSSR count). The zero-order chi connectivity index (χ0) is 8.10. The van der Waals surface area contributed by atoms with Crippen LogP contribution in [0.3, 0.4) is 0 Å². The number of allylic oxidation sites excluding steroid dienone is 1. The van der Waals surface area contributed by atoms with Crippen molar-refractivity contribution in [1.29, 1.82) is 0 Å². The molecular formula is C10H13N. The van der Waals surface area contributed by atoms with Crippen molar-refractivity contribution >= 4 is 6.08 Å². The average Bonchev–Trinajstić information content (AvgIpc) is 2.06. The van der Waals surface area contributed by atoms with Crippen molar-refractivity contribution < 1.29 is 0 Å². The minimum absolute atomic E-state index is 0.616. The van der Waals surface area contributed by atoms with Gasteiger partial charge in [0.1, 0.15) is 0 Å². The second-order valence-electron chi connectivity index (χ2n) is 2.45. The molecule has 1 heteroatoms. The second-order valence-corrected chi connectivity index (χ2v) is 2.45. The van der Waals surface area contributed by atoms with Gasteiger partial charge < -0.3 is 5.73 Å². The molecule has 0 bridgehead atoms. The van der Waals surface area contributed by atoms with Gasteiger partial charge in [-0.3, -0.25) is 0 Å². The number of nitrogens with two attached hydrogens (primary N) is 1.